The Balaban J connectivity index is 2.51. The summed E-state index contributed by atoms with van der Waals surface area (Å²) in [4.78, 5) is 23.4. The normalized spacial score (nSPS) is 19.1. The molecular weight excluding hydrogens is 411 g/mol. The molecule has 1 aliphatic heterocycles. The molecule has 1 aromatic carbocycles. The maximum atomic E-state index is 11.9. The molecule has 0 spiro atoms. The molecule has 0 bridgehead atoms. The molecule has 21 heavy (non-hydrogen) atoms. The number of carbonyl (C=O) groups excluding carboxylic acids is 1. The highest BCUT2D eigenvalue weighted by Gasteiger charge is 2.40. The van der Waals surface area contributed by atoms with Gasteiger partial charge in [0, 0.05) is 28.1 Å². The number of benzene rings is 1. The second-order valence-electron chi connectivity index (χ2n) is 4.29. The fourth-order valence-corrected chi connectivity index (χ4v) is 3.59. The van der Waals surface area contributed by atoms with E-state index in [-0.39, 0.29) is 23.7 Å². The van der Waals surface area contributed by atoms with Gasteiger partial charge in [-0.05, 0) is 28.1 Å². The van der Waals surface area contributed by atoms with E-state index in [4.69, 9.17) is 22.3 Å². The van der Waals surface area contributed by atoms with Gasteiger partial charge in [-0.2, -0.15) is 0 Å². The van der Waals surface area contributed by atoms with Crippen LogP contribution in [-0.4, -0.2) is 31.0 Å². The Kier molecular flexibility index (Phi) is 4.48. The fourth-order valence-electron chi connectivity index (χ4n) is 2.02. The molecule has 1 fully saturated rings. The predicted octanol–water partition coefficient (Wildman–Crippen LogP) is 2.68. The lowest BCUT2D eigenvalue weighted by Crippen LogP contribution is -2.27. The molecule has 0 radical (unpaired) electrons. The number of anilines is 1. The van der Waals surface area contributed by atoms with Gasteiger partial charge in [0.15, 0.2) is 0 Å². The van der Waals surface area contributed by atoms with Crippen LogP contribution in [0.15, 0.2) is 16.6 Å². The van der Waals surface area contributed by atoms with Gasteiger partial charge in [0.1, 0.15) is 16.0 Å². The van der Waals surface area contributed by atoms with Crippen LogP contribution in [0.1, 0.15) is 6.42 Å². The van der Waals surface area contributed by atoms with Gasteiger partial charge in [-0.3, -0.25) is 14.9 Å². The van der Waals surface area contributed by atoms with Gasteiger partial charge >= 0.3 is 5.69 Å². The monoisotopic (exact) mass is 416 g/mol. The van der Waals surface area contributed by atoms with E-state index in [0.29, 0.717) is 4.47 Å². The lowest BCUT2D eigenvalue weighted by molar-refractivity contribution is -0.384. The summed E-state index contributed by atoms with van der Waals surface area (Å²) in [6.07, 6.45) is -0.323. The molecule has 1 unspecified atom stereocenters. The third-order valence-corrected chi connectivity index (χ3v) is 6.15. The third kappa shape index (κ3) is 3.15. The summed E-state index contributed by atoms with van der Waals surface area (Å²) >= 11 is 8.93. The van der Waals surface area contributed by atoms with Gasteiger partial charge in [0.05, 0.1) is 4.92 Å². The van der Waals surface area contributed by atoms with Crippen molar-refractivity contribution in [2.75, 3.05) is 11.4 Å². The minimum Gasteiger partial charge on any atom is -0.305 e. The number of amides is 1. The van der Waals surface area contributed by atoms with Crippen molar-refractivity contribution in [3.8, 4) is 0 Å². The second-order valence-corrected chi connectivity index (χ2v) is 8.43. The molecular formula is C10H7BrCl2N2O5S. The highest BCUT2D eigenvalue weighted by atomic mass is 79.9. The first-order valence-electron chi connectivity index (χ1n) is 5.49. The molecule has 1 atom stereocenters. The van der Waals surface area contributed by atoms with E-state index in [1.165, 1.54) is 12.1 Å². The number of nitro groups is 1. The Bertz CT molecular complexity index is 739. The van der Waals surface area contributed by atoms with Crippen LogP contribution in [0.3, 0.4) is 0 Å². The van der Waals surface area contributed by atoms with E-state index in [1.54, 1.807) is 0 Å². The lowest BCUT2D eigenvalue weighted by atomic mass is 10.2. The van der Waals surface area contributed by atoms with E-state index in [9.17, 15) is 23.3 Å². The molecule has 7 nitrogen and oxygen atoms in total. The fraction of sp³-hybridized carbons (Fsp3) is 0.300. The first-order chi connectivity index (χ1) is 9.62. The van der Waals surface area contributed by atoms with Crippen LogP contribution in [0.25, 0.3) is 0 Å². The van der Waals surface area contributed by atoms with E-state index >= 15 is 0 Å². The molecule has 1 amide bonds. The average molecular weight is 418 g/mol. The molecule has 114 valence electrons. The molecule has 0 aliphatic carbocycles. The Morgan fingerprint density at radius 2 is 2.05 bits per heavy atom. The average Bonchev–Trinajstić information content (AvgIpc) is 2.74. The number of nitrogens with zero attached hydrogens (tertiary/aromatic N) is 2. The highest BCUT2D eigenvalue weighted by molar-refractivity contribution is 9.10. The first-order valence-corrected chi connectivity index (χ1v) is 9.03. The summed E-state index contributed by atoms with van der Waals surface area (Å²) in [7, 11) is 1.31. The molecule has 1 saturated heterocycles. The summed E-state index contributed by atoms with van der Waals surface area (Å²) in [5, 5.41) is 9.89. The zero-order chi connectivity index (χ0) is 15.9. The maximum absolute atomic E-state index is 11.9. The number of nitro benzene ring substituents is 1. The number of halogens is 3. The quantitative estimate of drug-likeness (QED) is 0.427. The molecule has 1 heterocycles. The first kappa shape index (κ1) is 16.5. The highest BCUT2D eigenvalue weighted by Crippen LogP contribution is 2.41. The van der Waals surface area contributed by atoms with Crippen molar-refractivity contribution in [1.29, 1.82) is 0 Å². The predicted molar refractivity (Wildman–Crippen MR) is 81.3 cm³/mol. The van der Waals surface area contributed by atoms with Crippen LogP contribution in [0, 0.1) is 10.1 Å². The summed E-state index contributed by atoms with van der Waals surface area (Å²) < 4.78 is 22.9. The van der Waals surface area contributed by atoms with Crippen LogP contribution in [0.4, 0.5) is 11.4 Å². The van der Waals surface area contributed by atoms with Gasteiger partial charge in [-0.1, -0.05) is 11.6 Å². The van der Waals surface area contributed by atoms with E-state index in [1.807, 2.05) is 0 Å². The Morgan fingerprint density at radius 1 is 1.43 bits per heavy atom. The molecule has 11 heteroatoms. The standard InChI is InChI=1S/C10H7BrCl2N2O5S/c11-6-1-2-7(10(9(6)12)15(17)18)14-4-5(3-8(14)16)21(13,19)20/h1-2,5H,3-4H2. The van der Waals surface area contributed by atoms with Crippen molar-refractivity contribution in [3.63, 3.8) is 0 Å². The molecule has 1 aliphatic rings. The molecule has 0 saturated carbocycles. The van der Waals surface area contributed by atoms with Crippen molar-refractivity contribution < 1.29 is 18.1 Å². The summed E-state index contributed by atoms with van der Waals surface area (Å²) in [5.74, 6) is -0.564. The second kappa shape index (κ2) is 5.71. The number of carbonyl (C=O) groups is 1. The van der Waals surface area contributed by atoms with Crippen molar-refractivity contribution in [3.05, 3.63) is 31.7 Å². The number of rotatable bonds is 3. The largest absolute Gasteiger partial charge is 0.312 e. The topological polar surface area (TPSA) is 97.6 Å². The Hall–Kier alpha value is -0.900. The van der Waals surface area contributed by atoms with Gasteiger partial charge in [-0.25, -0.2) is 8.42 Å². The molecule has 2 rings (SSSR count). The van der Waals surface area contributed by atoms with Gasteiger partial charge < -0.3 is 4.90 Å². The maximum Gasteiger partial charge on any atom is 0.312 e. The molecule has 0 aromatic heterocycles. The van der Waals surface area contributed by atoms with Crippen LogP contribution in [-0.2, 0) is 13.8 Å². The Labute approximate surface area is 137 Å². The molecule has 0 N–H and O–H groups in total. The van der Waals surface area contributed by atoms with Crippen LogP contribution < -0.4 is 4.90 Å². The SMILES string of the molecule is O=C1CC(S(=O)(=O)Cl)CN1c1ccc(Br)c(Cl)c1[N+](=O)[O-]. The van der Waals surface area contributed by atoms with Crippen LogP contribution >= 0.6 is 38.2 Å². The third-order valence-electron chi connectivity index (χ3n) is 3.01. The van der Waals surface area contributed by atoms with Crippen LogP contribution in [0.5, 0.6) is 0 Å². The smallest absolute Gasteiger partial charge is 0.305 e. The summed E-state index contributed by atoms with van der Waals surface area (Å²) in [6.45, 7) is -0.247. The van der Waals surface area contributed by atoms with Gasteiger partial charge in [0.25, 0.3) is 0 Å². The minimum atomic E-state index is -3.93. The van der Waals surface area contributed by atoms with Gasteiger partial charge in [-0.15, -0.1) is 0 Å². The van der Waals surface area contributed by atoms with E-state index in [0.717, 1.165) is 4.90 Å². The zero-order valence-electron chi connectivity index (χ0n) is 10.1. The molecule has 1 aromatic rings. The van der Waals surface area contributed by atoms with E-state index < -0.39 is 30.8 Å². The Morgan fingerprint density at radius 3 is 2.52 bits per heavy atom. The van der Waals surface area contributed by atoms with Crippen molar-refractivity contribution in [2.45, 2.75) is 11.7 Å². The van der Waals surface area contributed by atoms with Crippen molar-refractivity contribution in [1.82, 2.24) is 0 Å². The zero-order valence-corrected chi connectivity index (χ0v) is 14.0. The lowest BCUT2D eigenvalue weighted by Gasteiger charge is -2.17. The summed E-state index contributed by atoms with van der Waals surface area (Å²) in [5.41, 5.74) is -0.520. The van der Waals surface area contributed by atoms with Crippen molar-refractivity contribution >= 4 is 64.5 Å². The van der Waals surface area contributed by atoms with Crippen molar-refractivity contribution in [2.24, 2.45) is 0 Å². The van der Waals surface area contributed by atoms with E-state index in [2.05, 4.69) is 15.9 Å². The minimum absolute atomic E-state index is 0.0546. The van der Waals surface area contributed by atoms with Gasteiger partial charge in [0.2, 0.25) is 15.0 Å². The number of hydrogen-bond donors (Lipinski definition) is 0. The summed E-state index contributed by atoms with van der Waals surface area (Å²) in [6, 6.07) is 2.77. The van der Waals surface area contributed by atoms with Crippen LogP contribution in [0.2, 0.25) is 5.02 Å². The number of hydrogen-bond acceptors (Lipinski definition) is 5.